The molecule has 0 spiro atoms. The Hall–Kier alpha value is -2.56. The number of nitrogens with two attached hydrogens (primary N) is 1. The van der Waals surface area contributed by atoms with Crippen molar-refractivity contribution in [3.8, 4) is 0 Å². The van der Waals surface area contributed by atoms with Gasteiger partial charge in [0.05, 0.1) is 0 Å². The molecule has 5 heteroatoms. The van der Waals surface area contributed by atoms with Gasteiger partial charge in [0.25, 0.3) is 0 Å². The summed E-state index contributed by atoms with van der Waals surface area (Å²) in [5.41, 5.74) is 10.1. The summed E-state index contributed by atoms with van der Waals surface area (Å²) in [6.45, 7) is 4.19. The Labute approximate surface area is 147 Å². The average molecular weight is 338 g/mol. The molecule has 4 nitrogen and oxygen atoms in total. The van der Waals surface area contributed by atoms with Gasteiger partial charge in [0.2, 0.25) is 0 Å². The van der Waals surface area contributed by atoms with Crippen molar-refractivity contribution >= 4 is 11.6 Å². The monoisotopic (exact) mass is 338 g/mol. The van der Waals surface area contributed by atoms with Crippen molar-refractivity contribution in [3.63, 3.8) is 0 Å². The summed E-state index contributed by atoms with van der Waals surface area (Å²) in [5, 5.41) is 0. The number of anilines is 1. The van der Waals surface area contributed by atoms with Crippen molar-refractivity contribution in [2.24, 2.45) is 10.7 Å². The van der Waals surface area contributed by atoms with Crippen LogP contribution in [0.25, 0.3) is 0 Å². The quantitative estimate of drug-likeness (QED) is 0.691. The van der Waals surface area contributed by atoms with Crippen LogP contribution in [0.5, 0.6) is 0 Å². The lowest BCUT2D eigenvalue weighted by molar-refractivity contribution is 0.380. The number of hydrogen-bond donors (Lipinski definition) is 1. The van der Waals surface area contributed by atoms with E-state index in [9.17, 15) is 4.39 Å². The van der Waals surface area contributed by atoms with Gasteiger partial charge in [-0.1, -0.05) is 24.3 Å². The fourth-order valence-corrected chi connectivity index (χ4v) is 3.67. The minimum Gasteiger partial charge on any atom is -0.370 e. The first-order chi connectivity index (χ1) is 12.2. The number of aliphatic imine (C=N–C) groups is 1. The predicted octanol–water partition coefficient (Wildman–Crippen LogP) is 2.60. The van der Waals surface area contributed by atoms with Crippen molar-refractivity contribution in [2.45, 2.75) is 12.3 Å². The Morgan fingerprint density at radius 1 is 1.04 bits per heavy atom. The molecule has 130 valence electrons. The summed E-state index contributed by atoms with van der Waals surface area (Å²) in [7, 11) is 0. The van der Waals surface area contributed by atoms with Crippen LogP contribution in [0.4, 0.5) is 10.1 Å². The molecule has 1 heterocycles. The van der Waals surface area contributed by atoms with Crippen LogP contribution in [0.1, 0.15) is 17.0 Å². The molecule has 0 aromatic heterocycles. The first kappa shape index (κ1) is 15.9. The number of hydrogen-bond acceptors (Lipinski definition) is 2. The highest BCUT2D eigenvalue weighted by atomic mass is 19.1. The van der Waals surface area contributed by atoms with Crippen LogP contribution in [-0.2, 0) is 6.42 Å². The van der Waals surface area contributed by atoms with Gasteiger partial charge in [-0.2, -0.15) is 0 Å². The molecule has 1 fully saturated rings. The molecule has 0 amide bonds. The molecule has 2 N–H and O–H groups in total. The summed E-state index contributed by atoms with van der Waals surface area (Å²) in [5.74, 6) is 0.953. The molecule has 2 aromatic carbocycles. The molecule has 4 rings (SSSR count). The third-order valence-corrected chi connectivity index (χ3v) is 5.23. The van der Waals surface area contributed by atoms with Crippen LogP contribution in [0.3, 0.4) is 0 Å². The molecule has 2 aromatic rings. The molecular weight excluding hydrogens is 315 g/mol. The Morgan fingerprint density at radius 2 is 1.76 bits per heavy atom. The predicted molar refractivity (Wildman–Crippen MR) is 99.6 cm³/mol. The highest BCUT2D eigenvalue weighted by molar-refractivity contribution is 5.78. The third kappa shape index (κ3) is 3.31. The van der Waals surface area contributed by atoms with E-state index in [1.165, 1.54) is 23.3 Å². The Balaban J connectivity index is 1.31. The van der Waals surface area contributed by atoms with Gasteiger partial charge in [-0.3, -0.25) is 4.99 Å². The third-order valence-electron chi connectivity index (χ3n) is 5.23. The molecule has 0 radical (unpaired) electrons. The molecular formula is C20H23FN4. The minimum atomic E-state index is -0.198. The zero-order chi connectivity index (χ0) is 17.2. The van der Waals surface area contributed by atoms with Crippen LogP contribution in [-0.4, -0.2) is 43.6 Å². The number of piperazine rings is 1. The average Bonchev–Trinajstić information content (AvgIpc) is 2.63. The highest BCUT2D eigenvalue weighted by Crippen LogP contribution is 2.34. The largest absolute Gasteiger partial charge is 0.370 e. The van der Waals surface area contributed by atoms with Gasteiger partial charge < -0.3 is 15.5 Å². The molecule has 25 heavy (non-hydrogen) atoms. The second kappa shape index (κ2) is 6.75. The van der Waals surface area contributed by atoms with E-state index in [0.717, 1.165) is 44.8 Å². The number of rotatable bonds is 3. The molecule has 1 aliphatic heterocycles. The summed E-state index contributed by atoms with van der Waals surface area (Å²) in [6.07, 6.45) is 1.10. The van der Waals surface area contributed by atoms with Crippen molar-refractivity contribution in [1.29, 1.82) is 0 Å². The molecule has 0 saturated carbocycles. The maximum absolute atomic E-state index is 13.0. The van der Waals surface area contributed by atoms with Gasteiger partial charge in [0, 0.05) is 44.3 Å². The topological polar surface area (TPSA) is 44.9 Å². The number of guanidine groups is 1. The van der Waals surface area contributed by atoms with E-state index < -0.39 is 0 Å². The molecule has 1 atom stereocenters. The first-order valence-electron chi connectivity index (χ1n) is 8.84. The molecule has 2 aliphatic rings. The Morgan fingerprint density at radius 3 is 2.48 bits per heavy atom. The standard InChI is InChI=1S/C20H23FN4/c21-17-5-7-18(8-6-17)24-9-11-25(12-10-24)20(22)23-14-16-13-15-3-1-2-4-19(15)16/h1-8,16H,9-14H2,(H2,22,23). The van der Waals surface area contributed by atoms with Crippen molar-refractivity contribution in [2.75, 3.05) is 37.6 Å². The lowest BCUT2D eigenvalue weighted by Gasteiger charge is -2.37. The summed E-state index contributed by atoms with van der Waals surface area (Å²) >= 11 is 0. The van der Waals surface area contributed by atoms with Gasteiger partial charge in [-0.15, -0.1) is 0 Å². The van der Waals surface area contributed by atoms with Crippen LogP contribution in [0.15, 0.2) is 53.5 Å². The fraction of sp³-hybridized carbons (Fsp3) is 0.350. The minimum absolute atomic E-state index is 0.198. The maximum atomic E-state index is 13.0. The highest BCUT2D eigenvalue weighted by Gasteiger charge is 2.25. The second-order valence-electron chi connectivity index (χ2n) is 6.75. The van der Waals surface area contributed by atoms with Crippen LogP contribution >= 0.6 is 0 Å². The molecule has 0 bridgehead atoms. The maximum Gasteiger partial charge on any atom is 0.191 e. The van der Waals surface area contributed by atoms with Gasteiger partial charge in [0.1, 0.15) is 5.82 Å². The second-order valence-corrected chi connectivity index (χ2v) is 6.75. The van der Waals surface area contributed by atoms with Crippen molar-refractivity contribution in [3.05, 3.63) is 65.5 Å². The smallest absolute Gasteiger partial charge is 0.191 e. The van der Waals surface area contributed by atoms with Crippen molar-refractivity contribution in [1.82, 2.24) is 4.90 Å². The fourth-order valence-electron chi connectivity index (χ4n) is 3.67. The zero-order valence-corrected chi connectivity index (χ0v) is 14.2. The van der Waals surface area contributed by atoms with E-state index in [0.29, 0.717) is 11.9 Å². The lowest BCUT2D eigenvalue weighted by Crippen LogP contribution is -2.51. The number of fused-ring (bicyclic) bond motifs is 1. The summed E-state index contributed by atoms with van der Waals surface area (Å²) < 4.78 is 13.0. The lowest BCUT2D eigenvalue weighted by atomic mass is 9.78. The van der Waals surface area contributed by atoms with E-state index in [2.05, 4.69) is 39.1 Å². The van der Waals surface area contributed by atoms with Gasteiger partial charge in [0.15, 0.2) is 5.96 Å². The first-order valence-corrected chi connectivity index (χ1v) is 8.84. The van der Waals surface area contributed by atoms with Crippen molar-refractivity contribution < 1.29 is 4.39 Å². The normalized spacial score (nSPS) is 20.2. The Kier molecular flexibility index (Phi) is 4.30. The molecule has 1 saturated heterocycles. The van der Waals surface area contributed by atoms with Crippen LogP contribution in [0, 0.1) is 5.82 Å². The zero-order valence-electron chi connectivity index (χ0n) is 14.2. The SMILES string of the molecule is NC(=NCC1Cc2ccccc21)N1CCN(c2ccc(F)cc2)CC1. The van der Waals surface area contributed by atoms with Crippen LogP contribution in [0.2, 0.25) is 0 Å². The van der Waals surface area contributed by atoms with E-state index in [1.54, 1.807) is 0 Å². The molecule has 1 aliphatic carbocycles. The Bertz CT molecular complexity index is 764. The van der Waals surface area contributed by atoms with Gasteiger partial charge >= 0.3 is 0 Å². The van der Waals surface area contributed by atoms with E-state index in [-0.39, 0.29) is 5.82 Å². The number of benzene rings is 2. The van der Waals surface area contributed by atoms with Gasteiger partial charge in [-0.05, 0) is 41.8 Å². The molecule has 1 unspecified atom stereocenters. The summed E-state index contributed by atoms with van der Waals surface area (Å²) in [4.78, 5) is 9.03. The summed E-state index contributed by atoms with van der Waals surface area (Å²) in [6, 6.07) is 15.2. The van der Waals surface area contributed by atoms with E-state index >= 15 is 0 Å². The van der Waals surface area contributed by atoms with Crippen LogP contribution < -0.4 is 10.6 Å². The van der Waals surface area contributed by atoms with Gasteiger partial charge in [-0.25, -0.2) is 4.39 Å². The number of nitrogens with zero attached hydrogens (tertiary/aromatic N) is 3. The number of halogens is 1. The van der Waals surface area contributed by atoms with E-state index in [4.69, 9.17) is 5.73 Å². The van der Waals surface area contributed by atoms with E-state index in [1.807, 2.05) is 12.1 Å².